The van der Waals surface area contributed by atoms with E-state index in [4.69, 9.17) is 4.74 Å². The van der Waals surface area contributed by atoms with Crippen molar-refractivity contribution in [1.29, 1.82) is 0 Å². The lowest BCUT2D eigenvalue weighted by Gasteiger charge is -2.30. The van der Waals surface area contributed by atoms with Gasteiger partial charge in [-0.3, -0.25) is 0 Å². The Hall–Kier alpha value is -4.12. The number of aromatic hydroxyl groups is 3. The van der Waals surface area contributed by atoms with E-state index >= 15 is 0 Å². The Morgan fingerprint density at radius 1 is 0.594 bits per heavy atom. The maximum atomic E-state index is 10.4. The quantitative estimate of drug-likeness (QED) is 0.320. The van der Waals surface area contributed by atoms with Crippen LogP contribution in [0.25, 0.3) is 0 Å². The number of nitrogens with zero attached hydrogens (tertiary/aromatic N) is 1. The lowest BCUT2D eigenvalue weighted by atomic mass is 10.1. The monoisotopic (exact) mass is 427 g/mol. The molecule has 0 aliphatic heterocycles. The maximum Gasteiger partial charge on any atom is 0.172 e. The van der Waals surface area contributed by atoms with E-state index < -0.39 is 0 Å². The Morgan fingerprint density at radius 2 is 1.19 bits per heavy atom. The molecule has 4 aromatic rings. The molecule has 0 aliphatic rings. The third-order valence-electron chi connectivity index (χ3n) is 5.38. The molecule has 4 aromatic carbocycles. The largest absolute Gasteiger partial charge is 0.508 e. The number of aryl methyl sites for hydroxylation is 3. The minimum absolute atomic E-state index is 0.0495. The third kappa shape index (κ3) is 4.05. The topological polar surface area (TPSA) is 73.2 Å². The molecule has 0 unspecified atom stereocenters. The summed E-state index contributed by atoms with van der Waals surface area (Å²) in [5.74, 6) is 1.20. The molecule has 0 aliphatic carbocycles. The summed E-state index contributed by atoms with van der Waals surface area (Å²) in [4.78, 5) is 1.94. The minimum atomic E-state index is 0.0495. The highest BCUT2D eigenvalue weighted by atomic mass is 16.5. The zero-order valence-corrected chi connectivity index (χ0v) is 18.2. The van der Waals surface area contributed by atoms with Gasteiger partial charge in [-0.2, -0.15) is 0 Å². The van der Waals surface area contributed by atoms with E-state index in [0.29, 0.717) is 17.2 Å². The van der Waals surface area contributed by atoms with Gasteiger partial charge < -0.3 is 25.0 Å². The molecular weight excluding hydrogens is 402 g/mol. The van der Waals surface area contributed by atoms with Crippen molar-refractivity contribution in [1.82, 2.24) is 0 Å². The fourth-order valence-electron chi connectivity index (χ4n) is 3.67. The first-order valence-electron chi connectivity index (χ1n) is 10.3. The molecule has 0 spiro atoms. The Morgan fingerprint density at radius 3 is 1.78 bits per heavy atom. The number of phenols is 3. The first kappa shape index (κ1) is 21.1. The lowest BCUT2D eigenvalue weighted by Crippen LogP contribution is -2.13. The van der Waals surface area contributed by atoms with Crippen LogP contribution in [0.15, 0.2) is 78.9 Å². The fourth-order valence-corrected chi connectivity index (χ4v) is 3.67. The van der Waals surface area contributed by atoms with Crippen LogP contribution in [0.3, 0.4) is 0 Å². The smallest absolute Gasteiger partial charge is 0.172 e. The number of ether oxygens (including phenoxy) is 1. The van der Waals surface area contributed by atoms with Crippen LogP contribution in [-0.4, -0.2) is 15.3 Å². The highest BCUT2D eigenvalue weighted by Crippen LogP contribution is 2.46. The molecule has 0 radical (unpaired) electrons. The Kier molecular flexibility index (Phi) is 5.65. The molecule has 32 heavy (non-hydrogen) atoms. The summed E-state index contributed by atoms with van der Waals surface area (Å²) in [5.41, 5.74) is 4.83. The highest BCUT2D eigenvalue weighted by Gasteiger charge is 2.22. The van der Waals surface area contributed by atoms with E-state index in [-0.39, 0.29) is 17.2 Å². The second-order valence-electron chi connectivity index (χ2n) is 7.77. The summed E-state index contributed by atoms with van der Waals surface area (Å²) in [6, 6.07) is 23.0. The first-order chi connectivity index (χ1) is 15.3. The second kappa shape index (κ2) is 8.55. The molecule has 162 valence electrons. The van der Waals surface area contributed by atoms with Crippen molar-refractivity contribution in [3.05, 3.63) is 95.6 Å². The molecule has 0 amide bonds. The van der Waals surface area contributed by atoms with Gasteiger partial charge in [0.05, 0.1) is 17.1 Å². The van der Waals surface area contributed by atoms with Gasteiger partial charge in [0.25, 0.3) is 0 Å². The summed E-state index contributed by atoms with van der Waals surface area (Å²) < 4.78 is 6.22. The van der Waals surface area contributed by atoms with E-state index in [1.54, 1.807) is 36.4 Å². The zero-order chi connectivity index (χ0) is 22.8. The third-order valence-corrected chi connectivity index (χ3v) is 5.38. The van der Waals surface area contributed by atoms with Gasteiger partial charge in [0.2, 0.25) is 0 Å². The van der Waals surface area contributed by atoms with Crippen molar-refractivity contribution < 1.29 is 20.1 Å². The van der Waals surface area contributed by atoms with Gasteiger partial charge in [-0.25, -0.2) is 0 Å². The van der Waals surface area contributed by atoms with E-state index in [1.165, 1.54) is 0 Å². The lowest BCUT2D eigenvalue weighted by molar-refractivity contribution is 0.409. The molecule has 0 heterocycles. The predicted octanol–water partition coefficient (Wildman–Crippen LogP) is 6.99. The Labute approximate surface area is 187 Å². The van der Waals surface area contributed by atoms with Crippen LogP contribution in [0, 0.1) is 20.8 Å². The van der Waals surface area contributed by atoms with E-state index in [0.717, 1.165) is 28.1 Å². The Bertz CT molecular complexity index is 1210. The van der Waals surface area contributed by atoms with E-state index in [2.05, 4.69) is 0 Å². The minimum Gasteiger partial charge on any atom is -0.508 e. The molecule has 5 heteroatoms. The number of anilines is 3. The molecule has 5 nitrogen and oxygen atoms in total. The number of hydrogen-bond acceptors (Lipinski definition) is 5. The molecule has 0 bridgehead atoms. The van der Waals surface area contributed by atoms with Crippen LogP contribution >= 0.6 is 0 Å². The van der Waals surface area contributed by atoms with Crippen LogP contribution in [0.4, 0.5) is 17.1 Å². The highest BCUT2D eigenvalue weighted by molar-refractivity contribution is 5.84. The van der Waals surface area contributed by atoms with Crippen LogP contribution in [0.5, 0.6) is 28.7 Å². The molecule has 0 saturated carbocycles. The number of hydrogen-bond donors (Lipinski definition) is 3. The molecule has 4 rings (SSSR count). The van der Waals surface area contributed by atoms with Gasteiger partial charge >= 0.3 is 0 Å². The van der Waals surface area contributed by atoms with Crippen molar-refractivity contribution in [2.24, 2.45) is 0 Å². The summed E-state index contributed by atoms with van der Waals surface area (Å²) in [6.07, 6.45) is 0. The zero-order valence-electron chi connectivity index (χ0n) is 18.2. The number of benzene rings is 4. The molecule has 0 aromatic heterocycles. The van der Waals surface area contributed by atoms with Gasteiger partial charge in [0, 0.05) is 12.1 Å². The fraction of sp³-hybridized carbons (Fsp3) is 0.111. The van der Waals surface area contributed by atoms with Gasteiger partial charge in [-0.1, -0.05) is 36.4 Å². The van der Waals surface area contributed by atoms with Crippen LogP contribution in [-0.2, 0) is 0 Å². The van der Waals surface area contributed by atoms with E-state index in [9.17, 15) is 15.3 Å². The predicted molar refractivity (Wildman–Crippen MR) is 127 cm³/mol. The first-order valence-corrected chi connectivity index (χ1v) is 10.3. The normalized spacial score (nSPS) is 10.7. The summed E-state index contributed by atoms with van der Waals surface area (Å²) >= 11 is 0. The number of para-hydroxylation sites is 3. The van der Waals surface area contributed by atoms with Gasteiger partial charge in [-0.15, -0.1) is 0 Å². The molecule has 3 N–H and O–H groups in total. The maximum absolute atomic E-state index is 10.4. The summed E-state index contributed by atoms with van der Waals surface area (Å²) in [6.45, 7) is 5.78. The average Bonchev–Trinajstić information content (AvgIpc) is 2.77. The van der Waals surface area contributed by atoms with Crippen molar-refractivity contribution in [3.63, 3.8) is 0 Å². The summed E-state index contributed by atoms with van der Waals surface area (Å²) in [5, 5.41) is 30.9. The second-order valence-corrected chi connectivity index (χ2v) is 7.77. The molecular formula is C27H25NO4. The van der Waals surface area contributed by atoms with Crippen LogP contribution in [0.1, 0.15) is 16.7 Å². The SMILES string of the molecule is Cc1ccc(O)cc1N(c1cc(O)ccc1C)c1ccccc1Oc1c(C)cccc1O. The van der Waals surface area contributed by atoms with Crippen molar-refractivity contribution in [3.8, 4) is 28.7 Å². The van der Waals surface area contributed by atoms with Crippen LogP contribution < -0.4 is 9.64 Å². The van der Waals surface area contributed by atoms with Crippen molar-refractivity contribution in [2.45, 2.75) is 20.8 Å². The summed E-state index contributed by atoms with van der Waals surface area (Å²) in [7, 11) is 0. The number of phenolic OH excluding ortho intramolecular Hbond substituents is 3. The van der Waals surface area contributed by atoms with Gasteiger partial charge in [0.1, 0.15) is 11.5 Å². The molecule has 0 fully saturated rings. The van der Waals surface area contributed by atoms with Crippen LogP contribution in [0.2, 0.25) is 0 Å². The van der Waals surface area contributed by atoms with Gasteiger partial charge in [-0.05, 0) is 67.8 Å². The standard InChI is InChI=1S/C27H25NO4/c1-17-11-13-20(29)15-23(17)28(24-16-21(30)14-12-18(24)2)22-8-4-5-10-26(22)32-27-19(3)7-6-9-25(27)31/h4-16,29-31H,1-3H3. The van der Waals surface area contributed by atoms with Gasteiger partial charge in [0.15, 0.2) is 17.2 Å². The molecule has 0 saturated heterocycles. The van der Waals surface area contributed by atoms with E-state index in [1.807, 2.05) is 68.1 Å². The average molecular weight is 428 g/mol. The number of rotatable bonds is 5. The van der Waals surface area contributed by atoms with Crippen molar-refractivity contribution in [2.75, 3.05) is 4.90 Å². The molecule has 0 atom stereocenters. The van der Waals surface area contributed by atoms with Crippen molar-refractivity contribution >= 4 is 17.1 Å². The Balaban J connectivity index is 1.95.